The predicted octanol–water partition coefficient (Wildman–Crippen LogP) is 7.20. The molecular weight excluding hydrogens is 344 g/mol. The van der Waals surface area contributed by atoms with Crippen molar-refractivity contribution in [2.24, 2.45) is 0 Å². The molecule has 2 nitrogen and oxygen atoms in total. The van der Waals surface area contributed by atoms with Gasteiger partial charge in [-0.25, -0.2) is 0 Å². The molecule has 0 N–H and O–H groups in total. The summed E-state index contributed by atoms with van der Waals surface area (Å²) in [5.74, 6) is -0.738. The van der Waals surface area contributed by atoms with Gasteiger partial charge >= 0.3 is 0 Å². The summed E-state index contributed by atoms with van der Waals surface area (Å²) in [4.78, 5) is 24.9. The molecule has 0 heterocycles. The third kappa shape index (κ3) is 4.98. The second kappa shape index (κ2) is 10.4. The third-order valence-electron chi connectivity index (χ3n) is 5.82. The van der Waals surface area contributed by atoms with Gasteiger partial charge in [-0.1, -0.05) is 101 Å². The van der Waals surface area contributed by atoms with Crippen molar-refractivity contribution in [3.8, 4) is 11.1 Å². The molecule has 0 saturated carbocycles. The first-order valence-electron chi connectivity index (χ1n) is 11.0. The van der Waals surface area contributed by atoms with Crippen molar-refractivity contribution < 1.29 is 9.59 Å². The average Bonchev–Trinajstić information content (AvgIpc) is 2.73. The number of rotatable bonds is 11. The van der Waals surface area contributed by atoms with E-state index in [-0.39, 0.29) is 11.6 Å². The number of carbonyl (C=O) groups excluding carboxylic acids is 2. The van der Waals surface area contributed by atoms with Crippen LogP contribution in [-0.4, -0.2) is 11.6 Å². The minimum absolute atomic E-state index is 0.362. The highest BCUT2D eigenvalue weighted by Crippen LogP contribution is 2.34. The van der Waals surface area contributed by atoms with Crippen molar-refractivity contribution in [3.63, 3.8) is 0 Å². The van der Waals surface area contributed by atoms with Crippen molar-refractivity contribution >= 4 is 11.6 Å². The predicted molar refractivity (Wildman–Crippen MR) is 116 cm³/mol. The van der Waals surface area contributed by atoms with Crippen molar-refractivity contribution in [2.75, 3.05) is 0 Å². The zero-order valence-electron chi connectivity index (χ0n) is 17.1. The van der Waals surface area contributed by atoms with Crippen LogP contribution in [0.2, 0.25) is 0 Å². The fourth-order valence-corrected chi connectivity index (χ4v) is 4.15. The number of carbonyl (C=O) groups is 2. The fourth-order valence-electron chi connectivity index (χ4n) is 4.15. The zero-order valence-corrected chi connectivity index (χ0v) is 17.1. The number of benzene rings is 2. The Labute approximate surface area is 169 Å². The Morgan fingerprint density at radius 2 is 1.11 bits per heavy atom. The summed E-state index contributed by atoms with van der Waals surface area (Å²) in [5, 5.41) is 0. The number of ketones is 2. The first kappa shape index (κ1) is 20.5. The summed E-state index contributed by atoms with van der Waals surface area (Å²) in [6.45, 7) is 2.26. The van der Waals surface area contributed by atoms with Crippen molar-refractivity contribution in [1.29, 1.82) is 0 Å². The standard InChI is InChI=1S/C26H32O2/c1-2-3-4-5-6-7-8-9-10-11-14-20-17-18-22-21-15-12-13-16-23(21)25(27)26(28)24(22)19-20/h12-13,15-19H,2-11,14H2,1H3. The Hall–Kier alpha value is -2.22. The van der Waals surface area contributed by atoms with E-state index in [0.717, 1.165) is 24.0 Å². The summed E-state index contributed by atoms with van der Waals surface area (Å²) in [6, 6.07) is 13.5. The maximum Gasteiger partial charge on any atom is 0.234 e. The van der Waals surface area contributed by atoms with Crippen LogP contribution in [0.25, 0.3) is 11.1 Å². The molecule has 2 aromatic rings. The molecule has 0 atom stereocenters. The number of Topliss-reactive ketones (excluding diaryl/α,β-unsaturated/α-hetero) is 2. The van der Waals surface area contributed by atoms with Crippen LogP contribution in [-0.2, 0) is 6.42 Å². The van der Waals surface area contributed by atoms with E-state index in [4.69, 9.17) is 0 Å². The lowest BCUT2D eigenvalue weighted by Crippen LogP contribution is -2.21. The molecule has 0 aliphatic heterocycles. The lowest BCUT2D eigenvalue weighted by molar-refractivity contribution is 0.0815. The van der Waals surface area contributed by atoms with Gasteiger partial charge in [0.05, 0.1) is 0 Å². The zero-order chi connectivity index (χ0) is 19.8. The molecule has 3 rings (SSSR count). The van der Waals surface area contributed by atoms with Crippen LogP contribution < -0.4 is 0 Å². The van der Waals surface area contributed by atoms with E-state index >= 15 is 0 Å². The van der Waals surface area contributed by atoms with E-state index in [9.17, 15) is 9.59 Å². The summed E-state index contributed by atoms with van der Waals surface area (Å²) in [7, 11) is 0. The Morgan fingerprint density at radius 3 is 1.79 bits per heavy atom. The van der Waals surface area contributed by atoms with Gasteiger partial charge in [0.25, 0.3) is 0 Å². The molecule has 0 unspecified atom stereocenters. The molecule has 0 spiro atoms. The van der Waals surface area contributed by atoms with Crippen LogP contribution in [0.3, 0.4) is 0 Å². The van der Waals surface area contributed by atoms with Gasteiger partial charge in [-0.2, -0.15) is 0 Å². The molecule has 1 aliphatic rings. The lowest BCUT2D eigenvalue weighted by atomic mass is 9.83. The molecule has 0 radical (unpaired) electrons. The van der Waals surface area contributed by atoms with Crippen LogP contribution >= 0.6 is 0 Å². The van der Waals surface area contributed by atoms with Crippen LogP contribution in [0.4, 0.5) is 0 Å². The van der Waals surface area contributed by atoms with Crippen LogP contribution in [0, 0.1) is 0 Å². The number of hydrogen-bond acceptors (Lipinski definition) is 2. The van der Waals surface area contributed by atoms with E-state index in [1.54, 1.807) is 6.07 Å². The second-order valence-electron chi connectivity index (χ2n) is 8.02. The molecule has 2 aromatic carbocycles. The molecule has 0 fully saturated rings. The van der Waals surface area contributed by atoms with Crippen LogP contribution in [0.1, 0.15) is 97.4 Å². The molecular formula is C26H32O2. The highest BCUT2D eigenvalue weighted by Gasteiger charge is 2.29. The van der Waals surface area contributed by atoms with Gasteiger partial charge in [-0.15, -0.1) is 0 Å². The number of hydrogen-bond donors (Lipinski definition) is 0. The minimum Gasteiger partial charge on any atom is -0.285 e. The minimum atomic E-state index is -0.376. The topological polar surface area (TPSA) is 34.1 Å². The van der Waals surface area contributed by atoms with E-state index in [0.29, 0.717) is 11.1 Å². The monoisotopic (exact) mass is 376 g/mol. The average molecular weight is 377 g/mol. The molecule has 0 bridgehead atoms. The Balaban J connectivity index is 1.48. The van der Waals surface area contributed by atoms with Crippen molar-refractivity contribution in [3.05, 3.63) is 59.2 Å². The van der Waals surface area contributed by atoms with E-state index in [2.05, 4.69) is 13.0 Å². The SMILES string of the molecule is CCCCCCCCCCCCc1ccc2c(c1)C(=O)C(=O)c1ccccc1-2. The van der Waals surface area contributed by atoms with Crippen molar-refractivity contribution in [2.45, 2.75) is 77.6 Å². The summed E-state index contributed by atoms with van der Waals surface area (Å²) < 4.78 is 0. The molecule has 1 aliphatic carbocycles. The van der Waals surface area contributed by atoms with Crippen LogP contribution in [0.5, 0.6) is 0 Å². The quantitative estimate of drug-likeness (QED) is 0.307. The first-order chi connectivity index (χ1) is 13.7. The van der Waals surface area contributed by atoms with Gasteiger partial charge in [0.15, 0.2) is 0 Å². The number of aryl methyl sites for hydroxylation is 1. The highest BCUT2D eigenvalue weighted by molar-refractivity contribution is 6.53. The molecule has 148 valence electrons. The molecule has 0 aromatic heterocycles. The summed E-state index contributed by atoms with van der Waals surface area (Å²) in [6.07, 6.45) is 14.2. The number of fused-ring (bicyclic) bond motifs is 3. The van der Waals surface area contributed by atoms with E-state index in [1.165, 1.54) is 63.4 Å². The highest BCUT2D eigenvalue weighted by atomic mass is 16.2. The Kier molecular flexibility index (Phi) is 7.59. The van der Waals surface area contributed by atoms with Crippen molar-refractivity contribution in [1.82, 2.24) is 0 Å². The van der Waals surface area contributed by atoms with Gasteiger partial charge in [0, 0.05) is 11.1 Å². The smallest absolute Gasteiger partial charge is 0.234 e. The number of unbranched alkanes of at least 4 members (excludes halogenated alkanes) is 9. The molecule has 28 heavy (non-hydrogen) atoms. The van der Waals surface area contributed by atoms with Gasteiger partial charge in [0.1, 0.15) is 0 Å². The van der Waals surface area contributed by atoms with Gasteiger partial charge in [-0.05, 0) is 35.6 Å². The van der Waals surface area contributed by atoms with Gasteiger partial charge in [0.2, 0.25) is 11.6 Å². The maximum absolute atomic E-state index is 12.5. The molecule has 2 heteroatoms. The summed E-state index contributed by atoms with van der Waals surface area (Å²) in [5.41, 5.74) is 4.05. The van der Waals surface area contributed by atoms with Gasteiger partial charge in [-0.3, -0.25) is 9.59 Å². The Morgan fingerprint density at radius 1 is 0.571 bits per heavy atom. The second-order valence-corrected chi connectivity index (χ2v) is 8.02. The lowest BCUT2D eigenvalue weighted by Gasteiger charge is -2.18. The van der Waals surface area contributed by atoms with E-state index in [1.807, 2.05) is 30.3 Å². The third-order valence-corrected chi connectivity index (χ3v) is 5.82. The van der Waals surface area contributed by atoms with E-state index < -0.39 is 0 Å². The summed E-state index contributed by atoms with van der Waals surface area (Å²) >= 11 is 0. The maximum atomic E-state index is 12.5. The largest absolute Gasteiger partial charge is 0.285 e. The molecule has 0 saturated heterocycles. The first-order valence-corrected chi connectivity index (χ1v) is 11.0. The van der Waals surface area contributed by atoms with Gasteiger partial charge < -0.3 is 0 Å². The normalized spacial score (nSPS) is 12.8. The molecule has 0 amide bonds. The Bertz CT molecular complexity index is 819. The van der Waals surface area contributed by atoms with Crippen LogP contribution in [0.15, 0.2) is 42.5 Å². The fraction of sp³-hybridized carbons (Fsp3) is 0.462.